The Labute approximate surface area is 201 Å². The molecule has 1 saturated heterocycles. The number of sulfonamides is 1. The Hall–Kier alpha value is -2.39. The molecule has 2 heterocycles. The third kappa shape index (κ3) is 5.00. The van der Waals surface area contributed by atoms with Gasteiger partial charge in [-0.3, -0.25) is 18.8 Å². The molecular formula is C25H34N4O4S. The molecule has 1 aromatic carbocycles. The van der Waals surface area contributed by atoms with Gasteiger partial charge in [0.1, 0.15) is 6.04 Å². The molecular weight excluding hydrogens is 452 g/mol. The fourth-order valence-corrected chi connectivity index (χ4v) is 7.24. The van der Waals surface area contributed by atoms with E-state index in [1.807, 2.05) is 0 Å². The van der Waals surface area contributed by atoms with Gasteiger partial charge in [0.2, 0.25) is 21.8 Å². The van der Waals surface area contributed by atoms with Gasteiger partial charge in [-0.2, -0.15) is 0 Å². The molecule has 0 bridgehead atoms. The number of piperidine rings is 1. The zero-order valence-corrected chi connectivity index (χ0v) is 20.4. The van der Waals surface area contributed by atoms with Crippen molar-refractivity contribution < 1.29 is 18.0 Å². The van der Waals surface area contributed by atoms with E-state index in [1.165, 1.54) is 42.8 Å². The average Bonchev–Trinajstić information content (AvgIpc) is 3.67. The Morgan fingerprint density at radius 1 is 1.09 bits per heavy atom. The number of benzene rings is 1. The van der Waals surface area contributed by atoms with Gasteiger partial charge in [0.25, 0.3) is 0 Å². The number of nitrogens with one attached hydrogen (secondary N) is 2. The van der Waals surface area contributed by atoms with E-state index in [4.69, 9.17) is 0 Å². The lowest BCUT2D eigenvalue weighted by Gasteiger charge is -2.32. The van der Waals surface area contributed by atoms with Crippen molar-refractivity contribution in [3.05, 3.63) is 47.3 Å². The standard InChI is InChI=1S/C25H34N4O4S/c30-24(16-23-25(31)26-11-14-29(23)34(32,33)20-8-9-20)27-22-6-4-5-19-15-18(7-10-21(19)22)17-28-12-2-1-3-13-28/h7,10-11,14-15,20,22-23H,1-6,8-9,12-13,16-17H2,(H,26,31)(H,27,30)/t22-,23-/m1/s1. The first-order valence-electron chi connectivity index (χ1n) is 12.5. The highest BCUT2D eigenvalue weighted by atomic mass is 32.2. The molecule has 8 nitrogen and oxygen atoms in total. The maximum atomic E-state index is 13.0. The van der Waals surface area contributed by atoms with Gasteiger partial charge in [-0.25, -0.2) is 8.42 Å². The van der Waals surface area contributed by atoms with Crippen molar-refractivity contribution in [2.75, 3.05) is 13.1 Å². The zero-order valence-electron chi connectivity index (χ0n) is 19.5. The summed E-state index contributed by atoms with van der Waals surface area (Å²) in [6.07, 6.45) is 10.4. The van der Waals surface area contributed by atoms with E-state index in [2.05, 4.69) is 33.7 Å². The lowest BCUT2D eigenvalue weighted by Crippen LogP contribution is -2.52. The summed E-state index contributed by atoms with van der Waals surface area (Å²) in [4.78, 5) is 28.0. The molecule has 1 saturated carbocycles. The molecule has 184 valence electrons. The van der Waals surface area contributed by atoms with Gasteiger partial charge in [-0.1, -0.05) is 24.6 Å². The third-order valence-corrected chi connectivity index (χ3v) is 9.66. The van der Waals surface area contributed by atoms with E-state index in [0.717, 1.165) is 48.8 Å². The molecule has 0 radical (unpaired) electrons. The van der Waals surface area contributed by atoms with Gasteiger partial charge >= 0.3 is 0 Å². The Kier molecular flexibility index (Phi) is 6.66. The summed E-state index contributed by atoms with van der Waals surface area (Å²) < 4.78 is 26.6. The van der Waals surface area contributed by atoms with Gasteiger partial charge in [-0.05, 0) is 74.7 Å². The van der Waals surface area contributed by atoms with Crippen LogP contribution in [0.25, 0.3) is 0 Å². The van der Waals surface area contributed by atoms with Crippen LogP contribution in [0.1, 0.15) is 74.1 Å². The maximum Gasteiger partial charge on any atom is 0.248 e. The normalized spacial score (nSPS) is 25.5. The first-order chi connectivity index (χ1) is 16.4. The summed E-state index contributed by atoms with van der Waals surface area (Å²) in [5.74, 6) is -0.769. The summed E-state index contributed by atoms with van der Waals surface area (Å²) in [6.45, 7) is 3.29. The molecule has 2 atom stereocenters. The number of aryl methyl sites for hydroxylation is 1. The van der Waals surface area contributed by atoms with Crippen LogP contribution in [0.2, 0.25) is 0 Å². The number of nitrogens with zero attached hydrogens (tertiary/aromatic N) is 2. The smallest absolute Gasteiger partial charge is 0.248 e. The molecule has 5 rings (SSSR count). The predicted molar refractivity (Wildman–Crippen MR) is 129 cm³/mol. The van der Waals surface area contributed by atoms with Crippen molar-refractivity contribution in [2.24, 2.45) is 0 Å². The SMILES string of the molecule is O=C(C[C@@H]1C(=O)NC=CN1S(=O)(=O)C1CC1)N[C@@H]1CCCc2cc(CN3CCCCC3)ccc21. The average molecular weight is 487 g/mol. The van der Waals surface area contributed by atoms with Crippen LogP contribution in [0.5, 0.6) is 0 Å². The van der Waals surface area contributed by atoms with Crippen LogP contribution in [0, 0.1) is 0 Å². The number of likely N-dealkylation sites (tertiary alicyclic amines) is 1. The molecule has 1 aromatic rings. The van der Waals surface area contributed by atoms with E-state index >= 15 is 0 Å². The topological polar surface area (TPSA) is 98.8 Å². The van der Waals surface area contributed by atoms with Crippen molar-refractivity contribution in [1.82, 2.24) is 19.8 Å². The fourth-order valence-electron chi connectivity index (χ4n) is 5.41. The van der Waals surface area contributed by atoms with Crippen LogP contribution in [0.3, 0.4) is 0 Å². The number of rotatable bonds is 7. The highest BCUT2D eigenvalue weighted by Crippen LogP contribution is 2.34. The molecule has 2 aliphatic carbocycles. The molecule has 2 aliphatic heterocycles. The van der Waals surface area contributed by atoms with E-state index in [1.54, 1.807) is 0 Å². The van der Waals surface area contributed by atoms with Crippen molar-refractivity contribution in [1.29, 1.82) is 0 Å². The van der Waals surface area contributed by atoms with Crippen molar-refractivity contribution >= 4 is 21.8 Å². The summed E-state index contributed by atoms with van der Waals surface area (Å²) in [5, 5.41) is 5.19. The quantitative estimate of drug-likeness (QED) is 0.616. The predicted octanol–water partition coefficient (Wildman–Crippen LogP) is 2.32. The molecule has 2 N–H and O–H groups in total. The minimum absolute atomic E-state index is 0.115. The first kappa shape index (κ1) is 23.4. The van der Waals surface area contributed by atoms with Gasteiger partial charge in [-0.15, -0.1) is 0 Å². The van der Waals surface area contributed by atoms with Crippen LogP contribution in [-0.2, 0) is 32.6 Å². The zero-order chi connectivity index (χ0) is 23.7. The maximum absolute atomic E-state index is 13.0. The van der Waals surface area contributed by atoms with Gasteiger partial charge in [0.15, 0.2) is 0 Å². The Balaban J connectivity index is 1.25. The highest BCUT2D eigenvalue weighted by molar-refractivity contribution is 7.90. The number of carbonyl (C=O) groups is 2. The molecule has 2 fully saturated rings. The summed E-state index contributed by atoms with van der Waals surface area (Å²) in [6, 6.07) is 5.42. The van der Waals surface area contributed by atoms with E-state index in [9.17, 15) is 18.0 Å². The van der Waals surface area contributed by atoms with Crippen LogP contribution >= 0.6 is 0 Å². The van der Waals surface area contributed by atoms with Crippen LogP contribution < -0.4 is 10.6 Å². The lowest BCUT2D eigenvalue weighted by molar-refractivity contribution is -0.129. The molecule has 0 aromatic heterocycles. The minimum atomic E-state index is -3.61. The number of fused-ring (bicyclic) bond motifs is 1. The molecule has 2 amide bonds. The molecule has 0 unspecified atom stereocenters. The fraction of sp³-hybridized carbons (Fsp3) is 0.600. The number of hydrogen-bond donors (Lipinski definition) is 2. The van der Waals surface area contributed by atoms with E-state index in [-0.39, 0.29) is 18.4 Å². The second-order valence-corrected chi connectivity index (χ2v) is 12.1. The summed E-state index contributed by atoms with van der Waals surface area (Å²) in [5.41, 5.74) is 3.74. The lowest BCUT2D eigenvalue weighted by atomic mass is 9.86. The first-order valence-corrected chi connectivity index (χ1v) is 14.0. The number of amides is 2. The highest BCUT2D eigenvalue weighted by Gasteiger charge is 2.45. The summed E-state index contributed by atoms with van der Waals surface area (Å²) >= 11 is 0. The monoisotopic (exact) mass is 486 g/mol. The van der Waals surface area contributed by atoms with E-state index < -0.39 is 27.2 Å². The Bertz CT molecular complexity index is 1080. The Morgan fingerprint density at radius 3 is 2.65 bits per heavy atom. The van der Waals surface area contributed by atoms with Crippen LogP contribution in [-0.4, -0.2) is 53.8 Å². The largest absolute Gasteiger partial charge is 0.349 e. The van der Waals surface area contributed by atoms with Gasteiger partial charge < -0.3 is 10.6 Å². The van der Waals surface area contributed by atoms with Crippen molar-refractivity contribution in [2.45, 2.75) is 81.7 Å². The summed E-state index contributed by atoms with van der Waals surface area (Å²) in [7, 11) is -3.61. The minimum Gasteiger partial charge on any atom is -0.349 e. The van der Waals surface area contributed by atoms with Gasteiger partial charge in [0, 0.05) is 18.9 Å². The molecule has 4 aliphatic rings. The second kappa shape index (κ2) is 9.70. The molecule has 9 heteroatoms. The van der Waals surface area contributed by atoms with Crippen molar-refractivity contribution in [3.8, 4) is 0 Å². The number of carbonyl (C=O) groups excluding carboxylic acids is 2. The third-order valence-electron chi connectivity index (χ3n) is 7.39. The van der Waals surface area contributed by atoms with Gasteiger partial charge in [0.05, 0.1) is 17.7 Å². The number of hydrogen-bond acceptors (Lipinski definition) is 5. The van der Waals surface area contributed by atoms with Crippen LogP contribution in [0.15, 0.2) is 30.6 Å². The van der Waals surface area contributed by atoms with E-state index in [0.29, 0.717) is 12.8 Å². The second-order valence-electron chi connectivity index (χ2n) is 10.0. The van der Waals surface area contributed by atoms with Crippen molar-refractivity contribution in [3.63, 3.8) is 0 Å². The van der Waals surface area contributed by atoms with Crippen LogP contribution in [0.4, 0.5) is 0 Å². The Morgan fingerprint density at radius 2 is 1.88 bits per heavy atom. The molecule has 34 heavy (non-hydrogen) atoms. The molecule has 0 spiro atoms.